The number of carbonyl (C=O) groups is 1. The van der Waals surface area contributed by atoms with Crippen LogP contribution in [-0.4, -0.2) is 60.1 Å². The molecule has 1 fully saturated rings. The van der Waals surface area contributed by atoms with Gasteiger partial charge in [0.15, 0.2) is 15.3 Å². The number of thiazole rings is 2. The van der Waals surface area contributed by atoms with Crippen LogP contribution >= 0.6 is 38.6 Å². The molecular formula is C21H24BrN7O2S2. The molecule has 0 radical (unpaired) electrons. The minimum absolute atomic E-state index is 0.226. The molecule has 33 heavy (non-hydrogen) atoms. The molecular weight excluding hydrogens is 526 g/mol. The largest absolute Gasteiger partial charge is 0.444 e. The van der Waals surface area contributed by atoms with E-state index in [0.29, 0.717) is 25.7 Å². The van der Waals surface area contributed by atoms with Gasteiger partial charge in [-0.3, -0.25) is 4.40 Å². The van der Waals surface area contributed by atoms with Gasteiger partial charge in [-0.1, -0.05) is 22.7 Å². The standard InChI is InChI=1S/C21H24BrN7O2S2/c1-21(2,3)31-20(30)28-7-4-12(5-8-28)24-11-14-26-18-19(32-14)27-17(33-18)15-16-23-6-9-29(16)13(22)10-25-15/h6,9-10,12,24H,4-5,7-8,11H2,1-3H3. The zero-order valence-corrected chi connectivity index (χ0v) is 21.8. The third-order valence-corrected chi connectivity index (χ3v) is 7.92. The van der Waals surface area contributed by atoms with Crippen molar-refractivity contribution in [2.24, 2.45) is 0 Å². The molecule has 4 aromatic heterocycles. The number of nitrogens with one attached hydrogen (secondary N) is 1. The highest BCUT2D eigenvalue weighted by Gasteiger charge is 2.27. The van der Waals surface area contributed by atoms with Gasteiger partial charge >= 0.3 is 6.09 Å². The molecule has 0 saturated carbocycles. The van der Waals surface area contributed by atoms with Gasteiger partial charge in [-0.2, -0.15) is 0 Å². The molecule has 1 aliphatic rings. The van der Waals surface area contributed by atoms with E-state index in [2.05, 4.69) is 31.2 Å². The van der Waals surface area contributed by atoms with Gasteiger partial charge in [0.1, 0.15) is 25.9 Å². The van der Waals surface area contributed by atoms with Crippen LogP contribution in [0.4, 0.5) is 4.79 Å². The lowest BCUT2D eigenvalue weighted by Gasteiger charge is -2.33. The molecule has 4 aromatic rings. The van der Waals surface area contributed by atoms with Crippen LogP contribution in [-0.2, 0) is 11.3 Å². The van der Waals surface area contributed by atoms with Crippen LogP contribution in [0.3, 0.4) is 0 Å². The Morgan fingerprint density at radius 3 is 2.70 bits per heavy atom. The van der Waals surface area contributed by atoms with Gasteiger partial charge < -0.3 is 15.0 Å². The molecule has 12 heteroatoms. The lowest BCUT2D eigenvalue weighted by atomic mass is 10.1. The highest BCUT2D eigenvalue weighted by molar-refractivity contribution is 9.10. The summed E-state index contributed by atoms with van der Waals surface area (Å²) in [4.78, 5) is 34.4. The second-order valence-electron chi connectivity index (χ2n) is 8.91. The Morgan fingerprint density at radius 1 is 1.21 bits per heavy atom. The summed E-state index contributed by atoms with van der Waals surface area (Å²) in [6, 6.07) is 0.356. The fourth-order valence-electron chi connectivity index (χ4n) is 3.72. The molecule has 0 atom stereocenters. The number of nitrogens with zero attached hydrogens (tertiary/aromatic N) is 6. The Labute approximate surface area is 207 Å². The topological polar surface area (TPSA) is 97.5 Å². The quantitative estimate of drug-likeness (QED) is 0.393. The van der Waals surface area contributed by atoms with Gasteiger partial charge in [0.05, 0.1) is 6.20 Å². The maximum Gasteiger partial charge on any atom is 0.410 e. The fraction of sp³-hybridized carbons (Fsp3) is 0.476. The Kier molecular flexibility index (Phi) is 6.10. The third-order valence-electron chi connectivity index (χ3n) is 5.29. The summed E-state index contributed by atoms with van der Waals surface area (Å²) >= 11 is 6.63. The third kappa shape index (κ3) is 4.88. The van der Waals surface area contributed by atoms with Crippen molar-refractivity contribution in [2.45, 2.75) is 51.8 Å². The molecule has 0 aliphatic carbocycles. The molecule has 174 valence electrons. The van der Waals surface area contributed by atoms with Gasteiger partial charge in [0, 0.05) is 38.1 Å². The first kappa shape index (κ1) is 22.6. The highest BCUT2D eigenvalue weighted by atomic mass is 79.9. The van der Waals surface area contributed by atoms with E-state index in [1.807, 2.05) is 31.4 Å². The number of piperidine rings is 1. The van der Waals surface area contributed by atoms with E-state index in [9.17, 15) is 4.79 Å². The van der Waals surface area contributed by atoms with Crippen LogP contribution < -0.4 is 5.32 Å². The van der Waals surface area contributed by atoms with Gasteiger partial charge in [-0.25, -0.2) is 24.7 Å². The minimum Gasteiger partial charge on any atom is -0.444 e. The molecule has 0 aromatic carbocycles. The summed E-state index contributed by atoms with van der Waals surface area (Å²) < 4.78 is 8.26. The van der Waals surface area contributed by atoms with Crippen molar-refractivity contribution in [3.05, 3.63) is 28.2 Å². The number of aromatic nitrogens is 5. The van der Waals surface area contributed by atoms with Crippen LogP contribution in [0.15, 0.2) is 23.2 Å². The summed E-state index contributed by atoms with van der Waals surface area (Å²) in [7, 11) is 0. The van der Waals surface area contributed by atoms with Crippen LogP contribution in [0.25, 0.3) is 26.0 Å². The van der Waals surface area contributed by atoms with E-state index in [4.69, 9.17) is 14.7 Å². The summed E-state index contributed by atoms with van der Waals surface area (Å²) in [5, 5.41) is 5.42. The molecule has 5 heterocycles. The molecule has 1 aliphatic heterocycles. The number of amides is 1. The van der Waals surface area contributed by atoms with Crippen molar-refractivity contribution in [3.8, 4) is 10.7 Å². The maximum absolute atomic E-state index is 12.2. The van der Waals surface area contributed by atoms with E-state index in [1.54, 1.807) is 28.6 Å². The van der Waals surface area contributed by atoms with E-state index in [1.165, 1.54) is 11.3 Å². The van der Waals surface area contributed by atoms with Crippen molar-refractivity contribution >= 4 is 60.0 Å². The molecule has 0 bridgehead atoms. The molecule has 0 unspecified atom stereocenters. The summed E-state index contributed by atoms with van der Waals surface area (Å²) in [6.45, 7) is 7.77. The van der Waals surface area contributed by atoms with E-state index in [0.717, 1.165) is 48.5 Å². The second kappa shape index (κ2) is 8.90. The highest BCUT2D eigenvalue weighted by Crippen LogP contribution is 2.34. The maximum atomic E-state index is 12.2. The average Bonchev–Trinajstić information content (AvgIpc) is 3.47. The molecule has 1 N–H and O–H groups in total. The average molecular weight is 551 g/mol. The van der Waals surface area contributed by atoms with Gasteiger partial charge in [0.25, 0.3) is 0 Å². The Balaban J connectivity index is 1.19. The van der Waals surface area contributed by atoms with Crippen molar-refractivity contribution in [3.63, 3.8) is 0 Å². The van der Waals surface area contributed by atoms with Crippen LogP contribution in [0.2, 0.25) is 0 Å². The molecule has 1 amide bonds. The second-order valence-corrected chi connectivity index (χ2v) is 11.8. The first-order valence-electron chi connectivity index (χ1n) is 10.7. The van der Waals surface area contributed by atoms with Gasteiger partial charge in [-0.05, 0) is 49.5 Å². The lowest BCUT2D eigenvalue weighted by Crippen LogP contribution is -2.46. The fourth-order valence-corrected chi connectivity index (χ4v) is 6.11. The predicted octanol–water partition coefficient (Wildman–Crippen LogP) is 4.71. The van der Waals surface area contributed by atoms with Gasteiger partial charge in [-0.15, -0.1) is 0 Å². The van der Waals surface area contributed by atoms with Crippen molar-refractivity contribution < 1.29 is 9.53 Å². The predicted molar refractivity (Wildman–Crippen MR) is 133 cm³/mol. The number of fused-ring (bicyclic) bond motifs is 2. The monoisotopic (exact) mass is 549 g/mol. The summed E-state index contributed by atoms with van der Waals surface area (Å²) in [5.41, 5.74) is 1.07. The Hall–Kier alpha value is -2.15. The van der Waals surface area contributed by atoms with Crippen LogP contribution in [0, 0.1) is 0 Å². The number of halogens is 1. The lowest BCUT2D eigenvalue weighted by molar-refractivity contribution is 0.0198. The van der Waals surface area contributed by atoms with Crippen LogP contribution in [0.5, 0.6) is 0 Å². The number of hydrogen-bond donors (Lipinski definition) is 1. The molecule has 1 saturated heterocycles. The molecule has 9 nitrogen and oxygen atoms in total. The first-order valence-corrected chi connectivity index (χ1v) is 13.1. The van der Waals surface area contributed by atoms with E-state index in [-0.39, 0.29) is 6.09 Å². The summed E-state index contributed by atoms with van der Waals surface area (Å²) in [6.07, 6.45) is 6.97. The number of likely N-dealkylation sites (tertiary alicyclic amines) is 1. The zero-order chi connectivity index (χ0) is 23.2. The van der Waals surface area contributed by atoms with Gasteiger partial charge in [0.2, 0.25) is 0 Å². The van der Waals surface area contributed by atoms with E-state index >= 15 is 0 Å². The Bertz CT molecular complexity index is 1270. The number of imidazole rings is 1. The molecule has 0 spiro atoms. The van der Waals surface area contributed by atoms with E-state index < -0.39 is 5.60 Å². The van der Waals surface area contributed by atoms with Crippen LogP contribution in [0.1, 0.15) is 38.6 Å². The zero-order valence-electron chi connectivity index (χ0n) is 18.5. The SMILES string of the molecule is CC(C)(C)OC(=O)N1CCC(NCc2nc3sc(-c4ncc(Br)n5ccnc45)nc3s2)CC1. The first-order chi connectivity index (χ1) is 15.8. The normalized spacial score (nSPS) is 15.6. The van der Waals surface area contributed by atoms with Crippen molar-refractivity contribution in [2.75, 3.05) is 13.1 Å². The smallest absolute Gasteiger partial charge is 0.410 e. The number of hydrogen-bond acceptors (Lipinski definition) is 9. The van der Waals surface area contributed by atoms with Crippen molar-refractivity contribution in [1.82, 2.24) is 34.6 Å². The Morgan fingerprint density at radius 2 is 1.97 bits per heavy atom. The number of carbonyl (C=O) groups excluding carboxylic acids is 1. The number of ether oxygens (including phenoxy) is 1. The number of rotatable bonds is 4. The molecule has 5 rings (SSSR count). The summed E-state index contributed by atoms with van der Waals surface area (Å²) in [5.74, 6) is 0. The van der Waals surface area contributed by atoms with Crippen molar-refractivity contribution in [1.29, 1.82) is 0 Å². The minimum atomic E-state index is -0.463.